The topological polar surface area (TPSA) is 89.4 Å². The van der Waals surface area contributed by atoms with Crippen molar-refractivity contribution in [2.24, 2.45) is 5.92 Å². The third kappa shape index (κ3) is 7.86. The standard InChI is InChI=1S/C27H26F3N3O.C2HF3O2/c28-27(29,30)23-8-9-24-25(15-23)32-26(31-24)21-6-4-20(5-7-21)22-3-1-2-19(14-22)16-33-12-10-18(17-34)11-13-33;3-2(4,5)1(6)7/h1-9,14-15,18,34H,10-13,16-17H2,(H,31,32);(H,6,7). The number of carboxylic acid groups (broad SMARTS) is 1. The van der Waals surface area contributed by atoms with Crippen LogP contribution in [0, 0.1) is 5.92 Å². The van der Waals surface area contributed by atoms with Crippen LogP contribution in [0.3, 0.4) is 0 Å². The summed E-state index contributed by atoms with van der Waals surface area (Å²) in [5.41, 5.74) is 4.43. The Labute approximate surface area is 231 Å². The molecule has 5 rings (SSSR count). The van der Waals surface area contributed by atoms with Gasteiger partial charge in [-0.15, -0.1) is 0 Å². The molecule has 0 aliphatic carbocycles. The quantitative estimate of drug-likeness (QED) is 0.228. The fraction of sp³-hybridized carbons (Fsp3) is 0.310. The lowest BCUT2D eigenvalue weighted by Crippen LogP contribution is -2.34. The number of imidazole rings is 1. The maximum atomic E-state index is 13.0. The third-order valence-corrected chi connectivity index (χ3v) is 6.84. The average molecular weight is 580 g/mol. The number of nitrogens with zero attached hydrogens (tertiary/aromatic N) is 2. The van der Waals surface area contributed by atoms with E-state index in [-0.39, 0.29) is 6.61 Å². The zero-order chi connectivity index (χ0) is 29.8. The number of aliphatic hydroxyl groups excluding tert-OH is 1. The van der Waals surface area contributed by atoms with E-state index in [0.717, 1.165) is 61.3 Å². The van der Waals surface area contributed by atoms with Crippen LogP contribution in [0.1, 0.15) is 24.0 Å². The Bertz CT molecular complexity index is 1470. The molecule has 0 radical (unpaired) electrons. The number of aliphatic hydroxyl groups is 1. The van der Waals surface area contributed by atoms with E-state index in [0.29, 0.717) is 22.8 Å². The Kier molecular flexibility index (Phi) is 9.03. The molecule has 3 N–H and O–H groups in total. The molecule has 1 fully saturated rings. The van der Waals surface area contributed by atoms with Crippen LogP contribution in [0.2, 0.25) is 0 Å². The van der Waals surface area contributed by atoms with Crippen molar-refractivity contribution < 1.29 is 41.4 Å². The number of aliphatic carboxylic acids is 1. The van der Waals surface area contributed by atoms with Gasteiger partial charge in [-0.05, 0) is 72.8 Å². The maximum absolute atomic E-state index is 13.0. The molecule has 4 aromatic rings. The van der Waals surface area contributed by atoms with E-state index in [1.165, 1.54) is 11.6 Å². The first-order valence-corrected chi connectivity index (χ1v) is 12.7. The minimum absolute atomic E-state index is 0.280. The first-order chi connectivity index (χ1) is 19.3. The lowest BCUT2D eigenvalue weighted by Gasteiger charge is -2.31. The Balaban J connectivity index is 0.000000493. The number of halogens is 6. The van der Waals surface area contributed by atoms with Gasteiger partial charge in [0.05, 0.1) is 16.6 Å². The number of likely N-dealkylation sites (tertiary alicyclic amines) is 1. The highest BCUT2D eigenvalue weighted by molar-refractivity contribution is 5.80. The molecule has 1 aromatic heterocycles. The first kappa shape index (κ1) is 30.1. The van der Waals surface area contributed by atoms with Gasteiger partial charge in [0.25, 0.3) is 0 Å². The van der Waals surface area contributed by atoms with Crippen molar-refractivity contribution in [2.45, 2.75) is 31.7 Å². The van der Waals surface area contributed by atoms with Crippen molar-refractivity contribution in [3.8, 4) is 22.5 Å². The largest absolute Gasteiger partial charge is 0.490 e. The maximum Gasteiger partial charge on any atom is 0.490 e. The first-order valence-electron chi connectivity index (χ1n) is 12.7. The van der Waals surface area contributed by atoms with Crippen molar-refractivity contribution in [1.29, 1.82) is 0 Å². The summed E-state index contributed by atoms with van der Waals surface area (Å²) in [6, 6.07) is 19.9. The summed E-state index contributed by atoms with van der Waals surface area (Å²) < 4.78 is 70.7. The number of piperidine rings is 1. The van der Waals surface area contributed by atoms with E-state index < -0.39 is 23.9 Å². The summed E-state index contributed by atoms with van der Waals surface area (Å²) >= 11 is 0. The van der Waals surface area contributed by atoms with Crippen molar-refractivity contribution in [3.63, 3.8) is 0 Å². The number of alkyl halides is 6. The van der Waals surface area contributed by atoms with E-state index in [1.807, 2.05) is 24.3 Å². The van der Waals surface area contributed by atoms with Crippen LogP contribution in [0.15, 0.2) is 66.7 Å². The Morgan fingerprint density at radius 1 is 0.902 bits per heavy atom. The molecule has 2 heterocycles. The highest BCUT2D eigenvalue weighted by Gasteiger charge is 2.38. The molecular formula is C29H27F6N3O3. The fourth-order valence-electron chi connectivity index (χ4n) is 4.58. The van der Waals surface area contributed by atoms with Crippen molar-refractivity contribution in [3.05, 3.63) is 77.9 Å². The van der Waals surface area contributed by atoms with Gasteiger partial charge >= 0.3 is 18.3 Å². The van der Waals surface area contributed by atoms with E-state index in [2.05, 4.69) is 39.1 Å². The highest BCUT2D eigenvalue weighted by atomic mass is 19.4. The molecule has 12 heteroatoms. The lowest BCUT2D eigenvalue weighted by molar-refractivity contribution is -0.192. The van der Waals surface area contributed by atoms with Gasteiger partial charge in [-0.1, -0.05) is 42.5 Å². The van der Waals surface area contributed by atoms with Crippen LogP contribution < -0.4 is 0 Å². The summed E-state index contributed by atoms with van der Waals surface area (Å²) in [6.07, 6.45) is -7.39. The minimum Gasteiger partial charge on any atom is -0.475 e. The summed E-state index contributed by atoms with van der Waals surface area (Å²) in [6.45, 7) is 3.18. The number of H-pyrrole nitrogens is 1. The van der Waals surface area contributed by atoms with Gasteiger partial charge < -0.3 is 15.2 Å². The van der Waals surface area contributed by atoms with Crippen molar-refractivity contribution in [2.75, 3.05) is 19.7 Å². The van der Waals surface area contributed by atoms with Gasteiger partial charge in [0, 0.05) is 18.7 Å². The monoisotopic (exact) mass is 579 g/mol. The Morgan fingerprint density at radius 3 is 2.12 bits per heavy atom. The van der Waals surface area contributed by atoms with Crippen LogP contribution in [0.25, 0.3) is 33.5 Å². The van der Waals surface area contributed by atoms with Gasteiger partial charge in [0.1, 0.15) is 5.82 Å². The number of rotatable bonds is 5. The molecule has 0 atom stereocenters. The molecule has 1 aliphatic rings. The molecule has 218 valence electrons. The van der Waals surface area contributed by atoms with E-state index in [1.54, 1.807) is 0 Å². The van der Waals surface area contributed by atoms with Gasteiger partial charge in [-0.3, -0.25) is 4.90 Å². The number of hydrogen-bond acceptors (Lipinski definition) is 4. The third-order valence-electron chi connectivity index (χ3n) is 6.84. The summed E-state index contributed by atoms with van der Waals surface area (Å²) in [4.78, 5) is 18.8. The van der Waals surface area contributed by atoms with Crippen molar-refractivity contribution >= 4 is 17.0 Å². The average Bonchev–Trinajstić information content (AvgIpc) is 3.37. The molecule has 0 bridgehead atoms. The van der Waals surface area contributed by atoms with Gasteiger partial charge in [-0.2, -0.15) is 26.3 Å². The van der Waals surface area contributed by atoms with Gasteiger partial charge in [0.2, 0.25) is 0 Å². The Morgan fingerprint density at radius 2 is 1.54 bits per heavy atom. The van der Waals surface area contributed by atoms with Crippen LogP contribution in [-0.2, 0) is 17.5 Å². The number of nitrogens with one attached hydrogen (secondary N) is 1. The van der Waals surface area contributed by atoms with Crippen LogP contribution >= 0.6 is 0 Å². The summed E-state index contributed by atoms with van der Waals surface area (Å²) in [7, 11) is 0. The summed E-state index contributed by atoms with van der Waals surface area (Å²) in [5.74, 6) is -1.78. The lowest BCUT2D eigenvalue weighted by atomic mass is 9.97. The van der Waals surface area contributed by atoms with Crippen LogP contribution in [-0.4, -0.2) is 56.9 Å². The zero-order valence-corrected chi connectivity index (χ0v) is 21.6. The molecular weight excluding hydrogens is 552 g/mol. The van der Waals surface area contributed by atoms with E-state index in [9.17, 15) is 31.4 Å². The number of carbonyl (C=O) groups is 1. The number of hydrogen-bond donors (Lipinski definition) is 3. The normalized spacial score (nSPS) is 15.0. The van der Waals surface area contributed by atoms with Gasteiger partial charge in [0.15, 0.2) is 0 Å². The second kappa shape index (κ2) is 12.3. The van der Waals surface area contributed by atoms with Crippen molar-refractivity contribution in [1.82, 2.24) is 14.9 Å². The minimum atomic E-state index is -5.08. The highest BCUT2D eigenvalue weighted by Crippen LogP contribution is 2.32. The number of fused-ring (bicyclic) bond motifs is 1. The fourth-order valence-corrected chi connectivity index (χ4v) is 4.58. The molecule has 1 aliphatic heterocycles. The number of carboxylic acids is 1. The molecule has 0 saturated carbocycles. The zero-order valence-electron chi connectivity index (χ0n) is 21.6. The van der Waals surface area contributed by atoms with E-state index >= 15 is 0 Å². The second-order valence-electron chi connectivity index (χ2n) is 9.80. The second-order valence-corrected chi connectivity index (χ2v) is 9.80. The number of benzene rings is 3. The SMILES string of the molecule is O=C(O)C(F)(F)F.OCC1CCN(Cc2cccc(-c3ccc(-c4nc5ccc(C(F)(F)F)cc5[nH]4)cc3)c2)CC1. The van der Waals surface area contributed by atoms with E-state index in [4.69, 9.17) is 9.90 Å². The Hall–Kier alpha value is -3.90. The molecule has 3 aromatic carbocycles. The molecule has 0 unspecified atom stereocenters. The molecule has 41 heavy (non-hydrogen) atoms. The predicted molar refractivity (Wildman–Crippen MR) is 141 cm³/mol. The number of aromatic amines is 1. The van der Waals surface area contributed by atoms with Crippen LogP contribution in [0.5, 0.6) is 0 Å². The number of aromatic nitrogens is 2. The molecule has 0 spiro atoms. The smallest absolute Gasteiger partial charge is 0.475 e. The van der Waals surface area contributed by atoms with Crippen LogP contribution in [0.4, 0.5) is 26.3 Å². The molecule has 0 amide bonds. The molecule has 6 nitrogen and oxygen atoms in total. The molecule has 1 saturated heterocycles. The van der Waals surface area contributed by atoms with Gasteiger partial charge in [-0.25, -0.2) is 9.78 Å². The summed E-state index contributed by atoms with van der Waals surface area (Å²) in [5, 5.41) is 16.5. The predicted octanol–water partition coefficient (Wildman–Crippen LogP) is 6.75.